The number of benzene rings is 1. The largest absolute Gasteiger partial charge is 0.437 e. The molecule has 0 unspecified atom stereocenters. The molecule has 3 aromatic rings. The van der Waals surface area contributed by atoms with Crippen molar-refractivity contribution in [1.29, 1.82) is 0 Å². The number of oxazole rings is 1. The molecule has 1 N–H and O–H groups in total. The van der Waals surface area contributed by atoms with Gasteiger partial charge in [-0.3, -0.25) is 4.79 Å². The SMILES string of the molecule is CC(=O)Nc1ncc(C=Cc2ncc(-c3ccccc3)o2)s1. The maximum atomic E-state index is 11.0. The molecule has 0 atom stereocenters. The van der Waals surface area contributed by atoms with Gasteiger partial charge < -0.3 is 9.73 Å². The highest BCUT2D eigenvalue weighted by atomic mass is 32.1. The topological polar surface area (TPSA) is 68.0 Å². The van der Waals surface area contributed by atoms with Crippen molar-refractivity contribution in [3.8, 4) is 11.3 Å². The zero-order valence-electron chi connectivity index (χ0n) is 11.8. The molecule has 0 aliphatic heterocycles. The van der Waals surface area contributed by atoms with Crippen molar-refractivity contribution in [2.75, 3.05) is 5.32 Å². The number of hydrogen-bond donors (Lipinski definition) is 1. The summed E-state index contributed by atoms with van der Waals surface area (Å²) in [6, 6.07) is 9.80. The summed E-state index contributed by atoms with van der Waals surface area (Å²) in [5.41, 5.74) is 0.986. The first-order chi connectivity index (χ1) is 10.7. The lowest BCUT2D eigenvalue weighted by molar-refractivity contribution is -0.114. The number of hydrogen-bond acceptors (Lipinski definition) is 5. The summed E-state index contributed by atoms with van der Waals surface area (Å²) in [6.45, 7) is 1.45. The van der Waals surface area contributed by atoms with Gasteiger partial charge in [-0.05, 0) is 6.08 Å². The number of amides is 1. The van der Waals surface area contributed by atoms with Crippen molar-refractivity contribution < 1.29 is 9.21 Å². The standard InChI is InChI=1S/C16H13N3O2S/c1-11(20)19-16-18-9-13(22-16)7-8-15-17-10-14(21-15)12-5-3-2-4-6-12/h2-10H,1H3,(H,18,19,20). The van der Waals surface area contributed by atoms with Gasteiger partial charge in [-0.25, -0.2) is 9.97 Å². The van der Waals surface area contributed by atoms with Crippen molar-refractivity contribution in [2.24, 2.45) is 0 Å². The Morgan fingerprint density at radius 1 is 1.18 bits per heavy atom. The number of thiazole rings is 1. The fourth-order valence-electron chi connectivity index (χ4n) is 1.83. The average molecular weight is 311 g/mol. The summed E-state index contributed by atoms with van der Waals surface area (Å²) in [6.07, 6.45) is 7.01. The highest BCUT2D eigenvalue weighted by Crippen LogP contribution is 2.23. The number of carbonyl (C=O) groups excluding carboxylic acids is 1. The Hall–Kier alpha value is -2.73. The van der Waals surface area contributed by atoms with Crippen LogP contribution in [0.4, 0.5) is 5.13 Å². The lowest BCUT2D eigenvalue weighted by atomic mass is 10.2. The van der Waals surface area contributed by atoms with Crippen LogP contribution in [-0.2, 0) is 4.79 Å². The van der Waals surface area contributed by atoms with E-state index in [1.54, 1.807) is 18.5 Å². The number of nitrogens with one attached hydrogen (secondary N) is 1. The van der Waals surface area contributed by atoms with E-state index in [0.29, 0.717) is 11.0 Å². The molecular formula is C16H13N3O2S. The Kier molecular flexibility index (Phi) is 4.11. The third-order valence-corrected chi connectivity index (χ3v) is 3.66. The Morgan fingerprint density at radius 2 is 2.00 bits per heavy atom. The Balaban J connectivity index is 1.72. The predicted octanol–water partition coefficient (Wildman–Crippen LogP) is 3.93. The van der Waals surface area contributed by atoms with E-state index in [2.05, 4.69) is 15.3 Å². The molecule has 0 radical (unpaired) electrons. The summed E-state index contributed by atoms with van der Waals surface area (Å²) >= 11 is 1.38. The zero-order valence-corrected chi connectivity index (χ0v) is 12.6. The van der Waals surface area contributed by atoms with Gasteiger partial charge in [-0.2, -0.15) is 0 Å². The number of aromatic nitrogens is 2. The summed E-state index contributed by atoms with van der Waals surface area (Å²) in [5, 5.41) is 3.22. The highest BCUT2D eigenvalue weighted by molar-refractivity contribution is 7.16. The van der Waals surface area contributed by atoms with Gasteiger partial charge in [0.15, 0.2) is 10.9 Å². The molecule has 6 heteroatoms. The van der Waals surface area contributed by atoms with Gasteiger partial charge >= 0.3 is 0 Å². The number of anilines is 1. The average Bonchev–Trinajstić information content (AvgIpc) is 3.15. The van der Waals surface area contributed by atoms with Gasteiger partial charge in [0, 0.05) is 29.6 Å². The lowest BCUT2D eigenvalue weighted by Crippen LogP contribution is -2.04. The molecule has 0 aliphatic rings. The normalized spacial score (nSPS) is 11.0. The van der Waals surface area contributed by atoms with E-state index in [1.165, 1.54) is 18.3 Å². The van der Waals surface area contributed by atoms with Crippen LogP contribution in [0.5, 0.6) is 0 Å². The molecule has 0 fully saturated rings. The molecule has 0 bridgehead atoms. The first kappa shape index (κ1) is 14.2. The summed E-state index contributed by atoms with van der Waals surface area (Å²) in [4.78, 5) is 20.2. The van der Waals surface area contributed by atoms with Crippen LogP contribution in [0.2, 0.25) is 0 Å². The quantitative estimate of drug-likeness (QED) is 0.792. The smallest absolute Gasteiger partial charge is 0.223 e. The van der Waals surface area contributed by atoms with Crippen LogP contribution in [-0.4, -0.2) is 15.9 Å². The van der Waals surface area contributed by atoms with Gasteiger partial charge in [0.05, 0.1) is 6.20 Å². The van der Waals surface area contributed by atoms with E-state index in [4.69, 9.17) is 4.42 Å². The number of rotatable bonds is 4. The minimum atomic E-state index is -0.134. The van der Waals surface area contributed by atoms with Gasteiger partial charge in [0.25, 0.3) is 0 Å². The Bertz CT molecular complexity index is 806. The van der Waals surface area contributed by atoms with E-state index in [1.807, 2.05) is 36.4 Å². The third kappa shape index (κ3) is 3.48. The second kappa shape index (κ2) is 6.36. The molecular weight excluding hydrogens is 298 g/mol. The molecule has 0 saturated heterocycles. The first-order valence-electron chi connectivity index (χ1n) is 6.63. The number of carbonyl (C=O) groups is 1. The predicted molar refractivity (Wildman–Crippen MR) is 87.3 cm³/mol. The molecule has 0 aliphatic carbocycles. The van der Waals surface area contributed by atoms with Crippen LogP contribution in [0.3, 0.4) is 0 Å². The minimum absolute atomic E-state index is 0.134. The molecule has 0 saturated carbocycles. The van der Waals surface area contributed by atoms with Gasteiger partial charge in [0.1, 0.15) is 0 Å². The Morgan fingerprint density at radius 3 is 2.77 bits per heavy atom. The van der Waals surface area contributed by atoms with Crippen molar-refractivity contribution >= 4 is 34.5 Å². The van der Waals surface area contributed by atoms with E-state index in [-0.39, 0.29) is 5.91 Å². The summed E-state index contributed by atoms with van der Waals surface area (Å²) < 4.78 is 5.68. The van der Waals surface area contributed by atoms with Gasteiger partial charge in [-0.1, -0.05) is 41.7 Å². The monoisotopic (exact) mass is 311 g/mol. The van der Waals surface area contributed by atoms with Crippen molar-refractivity contribution in [1.82, 2.24) is 9.97 Å². The van der Waals surface area contributed by atoms with Crippen LogP contribution in [0.25, 0.3) is 23.5 Å². The molecule has 5 nitrogen and oxygen atoms in total. The fourth-order valence-corrected chi connectivity index (χ4v) is 2.59. The van der Waals surface area contributed by atoms with Crippen LogP contribution in [0.1, 0.15) is 17.7 Å². The van der Waals surface area contributed by atoms with Crippen molar-refractivity contribution in [2.45, 2.75) is 6.92 Å². The molecule has 110 valence electrons. The van der Waals surface area contributed by atoms with E-state index < -0.39 is 0 Å². The highest BCUT2D eigenvalue weighted by Gasteiger charge is 2.04. The maximum absolute atomic E-state index is 11.0. The molecule has 0 spiro atoms. The van der Waals surface area contributed by atoms with Crippen LogP contribution >= 0.6 is 11.3 Å². The van der Waals surface area contributed by atoms with Crippen LogP contribution < -0.4 is 5.32 Å². The van der Waals surface area contributed by atoms with Gasteiger partial charge in [0.2, 0.25) is 11.8 Å². The molecule has 3 rings (SSSR count). The Labute approximate surface area is 131 Å². The van der Waals surface area contributed by atoms with E-state index in [0.717, 1.165) is 16.2 Å². The maximum Gasteiger partial charge on any atom is 0.223 e. The van der Waals surface area contributed by atoms with Crippen molar-refractivity contribution in [3.05, 3.63) is 53.5 Å². The second-order valence-corrected chi connectivity index (χ2v) is 5.57. The number of nitrogens with zero attached hydrogens (tertiary/aromatic N) is 2. The molecule has 2 heterocycles. The molecule has 2 aromatic heterocycles. The van der Waals surface area contributed by atoms with E-state index in [9.17, 15) is 4.79 Å². The van der Waals surface area contributed by atoms with Crippen LogP contribution in [0.15, 0.2) is 47.1 Å². The van der Waals surface area contributed by atoms with Gasteiger partial charge in [-0.15, -0.1) is 0 Å². The second-order valence-electron chi connectivity index (χ2n) is 4.51. The third-order valence-electron chi connectivity index (χ3n) is 2.78. The van der Waals surface area contributed by atoms with Crippen LogP contribution in [0, 0.1) is 0 Å². The zero-order chi connectivity index (χ0) is 15.4. The summed E-state index contributed by atoms with van der Waals surface area (Å²) in [5.74, 6) is 1.11. The lowest BCUT2D eigenvalue weighted by Gasteiger charge is -1.93. The summed E-state index contributed by atoms with van der Waals surface area (Å²) in [7, 11) is 0. The van der Waals surface area contributed by atoms with Crippen molar-refractivity contribution in [3.63, 3.8) is 0 Å². The molecule has 1 aromatic carbocycles. The molecule has 1 amide bonds. The fraction of sp³-hybridized carbons (Fsp3) is 0.0625. The van der Waals surface area contributed by atoms with E-state index >= 15 is 0 Å². The molecule has 22 heavy (non-hydrogen) atoms. The minimum Gasteiger partial charge on any atom is -0.437 e. The first-order valence-corrected chi connectivity index (χ1v) is 7.45.